The Labute approximate surface area is 165 Å². The van der Waals surface area contributed by atoms with Gasteiger partial charge in [0.15, 0.2) is 5.69 Å². The summed E-state index contributed by atoms with van der Waals surface area (Å²) in [6.07, 6.45) is -1.74. The van der Waals surface area contributed by atoms with Gasteiger partial charge >= 0.3 is 6.18 Å². The quantitative estimate of drug-likeness (QED) is 0.643. The average molecular weight is 455 g/mol. The number of carbonyl (C=O) groups is 1. The van der Waals surface area contributed by atoms with Crippen molar-refractivity contribution in [1.29, 1.82) is 0 Å². The van der Waals surface area contributed by atoms with Gasteiger partial charge in [-0.25, -0.2) is 4.68 Å². The van der Waals surface area contributed by atoms with Crippen LogP contribution in [0.1, 0.15) is 11.3 Å². The van der Waals surface area contributed by atoms with Crippen LogP contribution in [0.4, 0.5) is 13.2 Å². The Balaban J connectivity index is 1.60. The number of nitrogens with one attached hydrogen (secondary N) is 1. The highest BCUT2D eigenvalue weighted by Crippen LogP contribution is 2.27. The zero-order chi connectivity index (χ0) is 20.3. The number of carbonyl (C=O) groups excluding carboxylic acids is 1. The lowest BCUT2D eigenvalue weighted by Gasteiger charge is -2.09. The number of alkyl halides is 3. The minimum absolute atomic E-state index is 0.121. The molecule has 0 saturated carbocycles. The third-order valence-electron chi connectivity index (χ3n) is 3.83. The Morgan fingerprint density at radius 1 is 1.11 bits per heavy atom. The van der Waals surface area contributed by atoms with E-state index in [2.05, 4.69) is 26.3 Å². The van der Waals surface area contributed by atoms with Crippen LogP contribution < -0.4 is 10.9 Å². The van der Waals surface area contributed by atoms with E-state index in [9.17, 15) is 22.8 Å². The maximum Gasteiger partial charge on any atom is 0.435 e. The minimum atomic E-state index is -4.49. The third-order valence-corrected chi connectivity index (χ3v) is 4.30. The van der Waals surface area contributed by atoms with Gasteiger partial charge in [0.25, 0.3) is 5.56 Å². The predicted octanol–water partition coefficient (Wildman–Crippen LogP) is 3.13. The Morgan fingerprint density at radius 3 is 2.46 bits per heavy atom. The summed E-state index contributed by atoms with van der Waals surface area (Å²) in [5.41, 5.74) is -0.0417. The van der Waals surface area contributed by atoms with E-state index in [1.54, 1.807) is 30.3 Å². The van der Waals surface area contributed by atoms with Gasteiger partial charge in [-0.05, 0) is 45.8 Å². The topological polar surface area (TPSA) is 68.9 Å². The molecule has 0 aliphatic rings. The second-order valence-corrected chi connectivity index (χ2v) is 6.82. The second kappa shape index (κ2) is 8.01. The molecule has 28 heavy (non-hydrogen) atoms. The SMILES string of the molecule is O=C(Cn1cc(Br)ccc1=O)NCc1ccc(-n2ccc(C(F)(F)F)n2)cc1. The molecule has 1 aromatic carbocycles. The standard InChI is InChI=1S/C18H14BrF3N4O2/c19-13-3-6-17(28)25(10-13)11-16(27)23-9-12-1-4-14(5-2-12)26-8-7-15(24-26)18(20,21)22/h1-8,10H,9,11H2,(H,23,27). The van der Waals surface area contributed by atoms with E-state index in [4.69, 9.17) is 0 Å². The number of aromatic nitrogens is 3. The zero-order valence-corrected chi connectivity index (χ0v) is 15.9. The summed E-state index contributed by atoms with van der Waals surface area (Å²) in [6, 6.07) is 10.4. The summed E-state index contributed by atoms with van der Waals surface area (Å²) in [5, 5.41) is 6.20. The van der Waals surface area contributed by atoms with E-state index in [-0.39, 0.29) is 24.6 Å². The van der Waals surface area contributed by atoms with Crippen LogP contribution in [0, 0.1) is 0 Å². The van der Waals surface area contributed by atoms with Gasteiger partial charge in [0.1, 0.15) is 6.54 Å². The van der Waals surface area contributed by atoms with Crippen molar-refractivity contribution in [3.8, 4) is 5.69 Å². The summed E-state index contributed by atoms with van der Waals surface area (Å²) in [5.74, 6) is -0.342. The third kappa shape index (κ3) is 4.89. The van der Waals surface area contributed by atoms with E-state index < -0.39 is 11.9 Å². The lowest BCUT2D eigenvalue weighted by atomic mass is 10.2. The molecule has 0 radical (unpaired) electrons. The first-order valence-electron chi connectivity index (χ1n) is 8.07. The molecule has 0 atom stereocenters. The van der Waals surface area contributed by atoms with E-state index in [1.807, 2.05) is 0 Å². The molecular weight excluding hydrogens is 441 g/mol. The van der Waals surface area contributed by atoms with Gasteiger partial charge in [0.05, 0.1) is 5.69 Å². The van der Waals surface area contributed by atoms with Gasteiger partial charge in [-0.2, -0.15) is 18.3 Å². The number of rotatable bonds is 5. The van der Waals surface area contributed by atoms with Crippen molar-refractivity contribution < 1.29 is 18.0 Å². The highest BCUT2D eigenvalue weighted by molar-refractivity contribution is 9.10. The molecule has 3 aromatic rings. The number of benzene rings is 1. The Morgan fingerprint density at radius 2 is 1.82 bits per heavy atom. The molecular formula is C18H14BrF3N4O2. The lowest BCUT2D eigenvalue weighted by molar-refractivity contribution is -0.141. The monoisotopic (exact) mass is 454 g/mol. The Bertz CT molecular complexity index is 1040. The summed E-state index contributed by atoms with van der Waals surface area (Å²) < 4.78 is 41.0. The summed E-state index contributed by atoms with van der Waals surface area (Å²) in [4.78, 5) is 23.7. The van der Waals surface area contributed by atoms with Gasteiger partial charge in [-0.1, -0.05) is 12.1 Å². The van der Waals surface area contributed by atoms with E-state index in [0.717, 1.165) is 16.3 Å². The van der Waals surface area contributed by atoms with Crippen molar-refractivity contribution in [3.05, 3.63) is 80.9 Å². The van der Waals surface area contributed by atoms with Crippen molar-refractivity contribution in [3.63, 3.8) is 0 Å². The minimum Gasteiger partial charge on any atom is -0.350 e. The molecule has 1 amide bonds. The molecule has 1 N–H and O–H groups in total. The number of pyridine rings is 1. The first-order valence-corrected chi connectivity index (χ1v) is 8.86. The average Bonchev–Trinajstić information content (AvgIpc) is 3.14. The fourth-order valence-electron chi connectivity index (χ4n) is 2.42. The predicted molar refractivity (Wildman–Crippen MR) is 98.8 cm³/mol. The largest absolute Gasteiger partial charge is 0.435 e. The normalized spacial score (nSPS) is 11.4. The maximum atomic E-state index is 12.6. The van der Waals surface area contributed by atoms with Gasteiger partial charge in [-0.15, -0.1) is 0 Å². The van der Waals surface area contributed by atoms with Crippen molar-refractivity contribution in [2.45, 2.75) is 19.3 Å². The van der Waals surface area contributed by atoms with Crippen LogP contribution in [-0.4, -0.2) is 20.3 Å². The van der Waals surface area contributed by atoms with E-state index >= 15 is 0 Å². The van der Waals surface area contributed by atoms with Crippen molar-refractivity contribution in [2.24, 2.45) is 0 Å². The molecule has 6 nitrogen and oxygen atoms in total. The number of nitrogens with zero attached hydrogens (tertiary/aromatic N) is 3. The molecule has 0 unspecified atom stereocenters. The summed E-state index contributed by atoms with van der Waals surface area (Å²) in [7, 11) is 0. The van der Waals surface area contributed by atoms with Crippen LogP contribution in [0.25, 0.3) is 5.69 Å². The van der Waals surface area contributed by atoms with Gasteiger partial charge in [0.2, 0.25) is 5.91 Å². The molecule has 0 fully saturated rings. The molecule has 2 aromatic heterocycles. The summed E-state index contributed by atoms with van der Waals surface area (Å²) in [6.45, 7) is 0.0959. The smallest absolute Gasteiger partial charge is 0.350 e. The molecule has 0 aliphatic carbocycles. The number of hydrogen-bond acceptors (Lipinski definition) is 3. The van der Waals surface area contributed by atoms with Crippen molar-refractivity contribution in [1.82, 2.24) is 19.7 Å². The molecule has 10 heteroatoms. The maximum absolute atomic E-state index is 12.6. The van der Waals surface area contributed by atoms with Crippen LogP contribution >= 0.6 is 15.9 Å². The summed E-state index contributed by atoms with van der Waals surface area (Å²) >= 11 is 3.24. The van der Waals surface area contributed by atoms with Crippen LogP contribution in [-0.2, 0) is 24.1 Å². The second-order valence-electron chi connectivity index (χ2n) is 5.90. The van der Waals surface area contributed by atoms with E-state index in [0.29, 0.717) is 10.2 Å². The van der Waals surface area contributed by atoms with Crippen LogP contribution in [0.2, 0.25) is 0 Å². The molecule has 0 saturated heterocycles. The highest BCUT2D eigenvalue weighted by Gasteiger charge is 2.33. The van der Waals surface area contributed by atoms with Gasteiger partial charge in [0, 0.05) is 29.5 Å². The van der Waals surface area contributed by atoms with Gasteiger partial charge in [-0.3, -0.25) is 9.59 Å². The molecule has 2 heterocycles. The first kappa shape index (κ1) is 19.9. The highest BCUT2D eigenvalue weighted by atomic mass is 79.9. The molecule has 0 bridgehead atoms. The molecule has 0 spiro atoms. The number of hydrogen-bond donors (Lipinski definition) is 1. The Kier molecular flexibility index (Phi) is 5.68. The lowest BCUT2D eigenvalue weighted by Crippen LogP contribution is -2.31. The Hall–Kier alpha value is -2.88. The number of amides is 1. The fourth-order valence-corrected chi connectivity index (χ4v) is 2.80. The van der Waals surface area contributed by atoms with Crippen LogP contribution in [0.5, 0.6) is 0 Å². The first-order chi connectivity index (χ1) is 13.2. The van der Waals surface area contributed by atoms with Crippen molar-refractivity contribution >= 4 is 21.8 Å². The molecule has 0 aliphatic heterocycles. The van der Waals surface area contributed by atoms with Crippen LogP contribution in [0.3, 0.4) is 0 Å². The fraction of sp³-hybridized carbons (Fsp3) is 0.167. The zero-order valence-electron chi connectivity index (χ0n) is 14.3. The molecule has 146 valence electrons. The van der Waals surface area contributed by atoms with Crippen LogP contribution in [0.15, 0.2) is 64.1 Å². The van der Waals surface area contributed by atoms with Gasteiger partial charge < -0.3 is 9.88 Å². The molecule has 3 rings (SSSR count). The number of halogens is 4. The van der Waals surface area contributed by atoms with E-state index in [1.165, 1.54) is 23.0 Å². The van der Waals surface area contributed by atoms with Crippen molar-refractivity contribution in [2.75, 3.05) is 0 Å².